The van der Waals surface area contributed by atoms with Crippen LogP contribution >= 0.6 is 0 Å². The summed E-state index contributed by atoms with van der Waals surface area (Å²) in [6, 6.07) is 15.2. The standard InChI is InChI=1S/C16H15NO2/c1-11-3-2-4-15(7-11)19-10-13-8-12-9-14(18)5-6-16(12)17-13/h2-9,17-18H,10H2,1H3. The number of phenols is 1. The van der Waals surface area contributed by atoms with Crippen molar-refractivity contribution in [3.8, 4) is 11.5 Å². The summed E-state index contributed by atoms with van der Waals surface area (Å²) >= 11 is 0. The topological polar surface area (TPSA) is 45.2 Å². The molecular weight excluding hydrogens is 238 g/mol. The molecule has 3 aromatic rings. The largest absolute Gasteiger partial charge is 0.508 e. The normalized spacial score (nSPS) is 10.8. The second-order valence-electron chi connectivity index (χ2n) is 4.67. The van der Waals surface area contributed by atoms with Gasteiger partial charge in [0.25, 0.3) is 0 Å². The van der Waals surface area contributed by atoms with Crippen LogP contribution in [0.2, 0.25) is 0 Å². The highest BCUT2D eigenvalue weighted by molar-refractivity contribution is 5.81. The van der Waals surface area contributed by atoms with Crippen molar-refractivity contribution in [2.24, 2.45) is 0 Å². The molecule has 3 rings (SSSR count). The van der Waals surface area contributed by atoms with Gasteiger partial charge >= 0.3 is 0 Å². The first kappa shape index (κ1) is 11.7. The van der Waals surface area contributed by atoms with Gasteiger partial charge in [-0.1, -0.05) is 12.1 Å². The lowest BCUT2D eigenvalue weighted by molar-refractivity contribution is 0.302. The number of rotatable bonds is 3. The van der Waals surface area contributed by atoms with Crippen LogP contribution in [0.3, 0.4) is 0 Å². The zero-order valence-corrected chi connectivity index (χ0v) is 10.7. The van der Waals surface area contributed by atoms with Crippen LogP contribution in [0.4, 0.5) is 0 Å². The fourth-order valence-electron chi connectivity index (χ4n) is 2.12. The lowest BCUT2D eigenvalue weighted by Crippen LogP contribution is -1.95. The Labute approximate surface area is 111 Å². The average Bonchev–Trinajstić information content (AvgIpc) is 2.78. The number of ether oxygens (including phenoxy) is 1. The first-order valence-electron chi connectivity index (χ1n) is 6.21. The molecule has 3 nitrogen and oxygen atoms in total. The van der Waals surface area contributed by atoms with Crippen molar-refractivity contribution in [3.63, 3.8) is 0 Å². The van der Waals surface area contributed by atoms with Crippen LogP contribution in [0.25, 0.3) is 10.9 Å². The molecule has 1 aromatic heterocycles. The van der Waals surface area contributed by atoms with E-state index in [4.69, 9.17) is 4.74 Å². The molecule has 0 spiro atoms. The number of aryl methyl sites for hydroxylation is 1. The number of aromatic amines is 1. The average molecular weight is 253 g/mol. The summed E-state index contributed by atoms with van der Waals surface area (Å²) in [6.45, 7) is 2.53. The van der Waals surface area contributed by atoms with E-state index < -0.39 is 0 Å². The van der Waals surface area contributed by atoms with Crippen molar-refractivity contribution in [2.45, 2.75) is 13.5 Å². The van der Waals surface area contributed by atoms with Crippen molar-refractivity contribution < 1.29 is 9.84 Å². The predicted molar refractivity (Wildman–Crippen MR) is 75.5 cm³/mol. The third kappa shape index (κ3) is 2.55. The molecule has 0 aliphatic rings. The summed E-state index contributed by atoms with van der Waals surface area (Å²) in [5.41, 5.74) is 3.17. The molecule has 0 saturated carbocycles. The van der Waals surface area contributed by atoms with E-state index in [1.165, 1.54) is 5.56 Å². The van der Waals surface area contributed by atoms with Crippen molar-refractivity contribution >= 4 is 10.9 Å². The summed E-state index contributed by atoms with van der Waals surface area (Å²) in [7, 11) is 0. The zero-order chi connectivity index (χ0) is 13.2. The Morgan fingerprint density at radius 2 is 2.00 bits per heavy atom. The molecule has 2 aromatic carbocycles. The Kier molecular flexibility index (Phi) is 2.88. The molecule has 96 valence electrons. The van der Waals surface area contributed by atoms with Crippen molar-refractivity contribution in [2.75, 3.05) is 0 Å². The van der Waals surface area contributed by atoms with E-state index in [1.54, 1.807) is 12.1 Å². The smallest absolute Gasteiger partial charge is 0.128 e. The molecule has 19 heavy (non-hydrogen) atoms. The van der Waals surface area contributed by atoms with Crippen molar-refractivity contribution in [3.05, 3.63) is 59.8 Å². The van der Waals surface area contributed by atoms with E-state index in [0.29, 0.717) is 6.61 Å². The van der Waals surface area contributed by atoms with Gasteiger partial charge in [0.2, 0.25) is 0 Å². The Hall–Kier alpha value is -2.42. The van der Waals surface area contributed by atoms with Gasteiger partial charge < -0.3 is 14.8 Å². The number of nitrogens with one attached hydrogen (secondary N) is 1. The summed E-state index contributed by atoms with van der Waals surface area (Å²) in [4.78, 5) is 3.27. The van der Waals surface area contributed by atoms with Crippen molar-refractivity contribution in [1.82, 2.24) is 4.98 Å². The number of benzene rings is 2. The van der Waals surface area contributed by atoms with Gasteiger partial charge in [-0.2, -0.15) is 0 Å². The maximum atomic E-state index is 9.43. The molecule has 0 atom stereocenters. The maximum Gasteiger partial charge on any atom is 0.128 e. The maximum absolute atomic E-state index is 9.43. The molecule has 2 N–H and O–H groups in total. The predicted octanol–water partition coefficient (Wildman–Crippen LogP) is 3.76. The Morgan fingerprint density at radius 3 is 2.84 bits per heavy atom. The van der Waals surface area contributed by atoms with Gasteiger partial charge in [0.15, 0.2) is 0 Å². The number of H-pyrrole nitrogens is 1. The molecule has 3 heteroatoms. The van der Waals surface area contributed by atoms with E-state index in [-0.39, 0.29) is 5.75 Å². The second kappa shape index (κ2) is 4.69. The second-order valence-corrected chi connectivity index (χ2v) is 4.67. The molecule has 1 heterocycles. The highest BCUT2D eigenvalue weighted by Crippen LogP contribution is 2.21. The van der Waals surface area contributed by atoms with E-state index in [0.717, 1.165) is 22.3 Å². The highest BCUT2D eigenvalue weighted by atomic mass is 16.5. The van der Waals surface area contributed by atoms with Gasteiger partial charge in [0.1, 0.15) is 18.1 Å². The number of hydrogen-bond donors (Lipinski definition) is 2. The molecule has 0 aliphatic carbocycles. The zero-order valence-electron chi connectivity index (χ0n) is 10.7. The molecule has 0 radical (unpaired) electrons. The van der Waals surface area contributed by atoms with Crippen LogP contribution in [0.15, 0.2) is 48.5 Å². The lowest BCUT2D eigenvalue weighted by atomic mass is 10.2. The summed E-state index contributed by atoms with van der Waals surface area (Å²) in [6.07, 6.45) is 0. The van der Waals surface area contributed by atoms with Gasteiger partial charge in [-0.15, -0.1) is 0 Å². The van der Waals surface area contributed by atoms with Crippen LogP contribution < -0.4 is 4.74 Å². The number of phenolic OH excluding ortho intramolecular Hbond substituents is 1. The number of aromatic hydroxyl groups is 1. The highest BCUT2D eigenvalue weighted by Gasteiger charge is 2.02. The first-order valence-corrected chi connectivity index (χ1v) is 6.21. The Morgan fingerprint density at radius 1 is 1.11 bits per heavy atom. The van der Waals surface area contributed by atoms with E-state index >= 15 is 0 Å². The van der Waals surface area contributed by atoms with E-state index in [1.807, 2.05) is 43.3 Å². The fourth-order valence-corrected chi connectivity index (χ4v) is 2.12. The van der Waals surface area contributed by atoms with E-state index in [9.17, 15) is 5.11 Å². The molecule has 0 saturated heterocycles. The van der Waals surface area contributed by atoms with Crippen LogP contribution in [0.1, 0.15) is 11.3 Å². The Bertz CT molecular complexity index is 716. The van der Waals surface area contributed by atoms with Crippen LogP contribution in [-0.2, 0) is 6.61 Å². The number of fused-ring (bicyclic) bond motifs is 1. The molecule has 0 fully saturated rings. The van der Waals surface area contributed by atoms with Crippen LogP contribution in [-0.4, -0.2) is 10.1 Å². The van der Waals surface area contributed by atoms with Crippen molar-refractivity contribution in [1.29, 1.82) is 0 Å². The number of aromatic nitrogens is 1. The van der Waals surface area contributed by atoms with Crippen LogP contribution in [0, 0.1) is 6.92 Å². The van der Waals surface area contributed by atoms with E-state index in [2.05, 4.69) is 4.98 Å². The lowest BCUT2D eigenvalue weighted by Gasteiger charge is -2.05. The quantitative estimate of drug-likeness (QED) is 0.746. The minimum absolute atomic E-state index is 0.276. The minimum atomic E-state index is 0.276. The molecule has 0 amide bonds. The Balaban J connectivity index is 1.78. The molecule has 0 bridgehead atoms. The van der Waals surface area contributed by atoms with Crippen LogP contribution in [0.5, 0.6) is 11.5 Å². The minimum Gasteiger partial charge on any atom is -0.508 e. The molecular formula is C16H15NO2. The summed E-state index contributed by atoms with van der Waals surface area (Å²) in [5, 5.41) is 10.4. The SMILES string of the molecule is Cc1cccc(OCc2cc3cc(O)ccc3[nH]2)c1. The molecule has 0 aliphatic heterocycles. The summed E-state index contributed by atoms with van der Waals surface area (Å²) in [5.74, 6) is 1.14. The number of hydrogen-bond acceptors (Lipinski definition) is 2. The monoisotopic (exact) mass is 253 g/mol. The third-order valence-corrected chi connectivity index (χ3v) is 3.04. The van der Waals surface area contributed by atoms with Gasteiger partial charge in [0.05, 0.1) is 5.69 Å². The third-order valence-electron chi connectivity index (χ3n) is 3.04. The summed E-state index contributed by atoms with van der Waals surface area (Å²) < 4.78 is 5.74. The van der Waals surface area contributed by atoms with Gasteiger partial charge in [-0.3, -0.25) is 0 Å². The van der Waals surface area contributed by atoms with Gasteiger partial charge in [0, 0.05) is 10.9 Å². The molecule has 0 unspecified atom stereocenters. The van der Waals surface area contributed by atoms with Gasteiger partial charge in [-0.25, -0.2) is 0 Å². The fraction of sp³-hybridized carbons (Fsp3) is 0.125. The van der Waals surface area contributed by atoms with Gasteiger partial charge in [-0.05, 0) is 48.9 Å². The first-order chi connectivity index (χ1) is 9.20.